The van der Waals surface area contributed by atoms with Gasteiger partial charge in [-0.1, -0.05) is 194 Å². The third kappa shape index (κ3) is 8.93. The molecule has 8 heteroatoms. The average molecular weight is 889 g/mol. The summed E-state index contributed by atoms with van der Waals surface area (Å²) in [5.74, 6) is 0. The van der Waals surface area contributed by atoms with Crippen molar-refractivity contribution >= 4 is 39.6 Å². The molecule has 65 heavy (non-hydrogen) atoms. The van der Waals surface area contributed by atoms with Gasteiger partial charge in [-0.15, -0.1) is 0 Å². The Labute approximate surface area is 387 Å². The standard InChI is InChI=1S/C57H54N4O2P2/c1-44(62-64-58(50-35-19-7-20-36-50)54(46-27-11-3-12-28-46)55(47-29-13-4-14-30-47)59(64)51-37-21-8-22-38-51)43-45(2)63-65-60(52-39-23-9-24-40-52)56(48-31-15-5-16-32-48)57(49-33-17-6-18-34-49)61(65)53-41-25-10-26-42-53/h3-42,44-45,54-57H,43H2,1-2H3/t44-,45-,54+,55?,56+,57?,64?,65?/m0/s1. The van der Waals surface area contributed by atoms with Gasteiger partial charge < -0.3 is 27.7 Å². The van der Waals surface area contributed by atoms with Crippen LogP contribution in [0.25, 0.3) is 0 Å². The first-order chi connectivity index (χ1) is 32.1. The second-order valence-corrected chi connectivity index (χ2v) is 19.9. The Bertz CT molecular complexity index is 2310. The third-order valence-electron chi connectivity index (χ3n) is 12.2. The van der Waals surface area contributed by atoms with Gasteiger partial charge in [0.05, 0.1) is 36.4 Å². The van der Waals surface area contributed by atoms with Crippen LogP contribution in [-0.2, 0) is 9.05 Å². The minimum absolute atomic E-state index is 0.0289. The van der Waals surface area contributed by atoms with Crippen LogP contribution in [0.15, 0.2) is 243 Å². The summed E-state index contributed by atoms with van der Waals surface area (Å²) in [6, 6.07) is 87.0. The van der Waals surface area contributed by atoms with Gasteiger partial charge in [-0.05, 0) is 84.6 Å². The Balaban J connectivity index is 1.04. The lowest BCUT2D eigenvalue weighted by atomic mass is 9.92. The Morgan fingerprint density at radius 1 is 0.308 bits per heavy atom. The maximum Gasteiger partial charge on any atom is 0.250 e. The van der Waals surface area contributed by atoms with Crippen LogP contribution in [0.4, 0.5) is 22.7 Å². The van der Waals surface area contributed by atoms with E-state index in [0.29, 0.717) is 6.42 Å². The van der Waals surface area contributed by atoms with Crippen LogP contribution >= 0.6 is 16.9 Å². The third-order valence-corrected chi connectivity index (χ3v) is 16.7. The topological polar surface area (TPSA) is 31.4 Å². The zero-order valence-electron chi connectivity index (χ0n) is 36.8. The van der Waals surface area contributed by atoms with Crippen LogP contribution < -0.4 is 18.7 Å². The SMILES string of the molecule is C[C@@H](C[C@H](C)OP1N(c2ccccc2)C(c2ccccc2)[C@@H](c2ccccc2)N1c1ccccc1)OP1N(c2ccccc2)C(c2ccccc2)[C@@H](c2ccccc2)N1c1ccccc1. The zero-order chi connectivity index (χ0) is 44.0. The molecule has 0 radical (unpaired) electrons. The summed E-state index contributed by atoms with van der Waals surface area (Å²) < 4.78 is 25.4. The van der Waals surface area contributed by atoms with Gasteiger partial charge in [0, 0.05) is 29.2 Å². The molecule has 2 heterocycles. The minimum Gasteiger partial charge on any atom is -0.319 e. The summed E-state index contributed by atoms with van der Waals surface area (Å²) in [5, 5.41) is 0. The molecule has 8 aromatic carbocycles. The second-order valence-electron chi connectivity index (χ2n) is 16.7. The van der Waals surface area contributed by atoms with Crippen molar-refractivity contribution < 1.29 is 9.05 Å². The number of anilines is 4. The largest absolute Gasteiger partial charge is 0.319 e. The lowest BCUT2D eigenvalue weighted by Gasteiger charge is -2.36. The molecule has 8 atom stereocenters. The van der Waals surface area contributed by atoms with Crippen LogP contribution in [0.5, 0.6) is 0 Å². The fourth-order valence-corrected chi connectivity index (χ4v) is 14.4. The van der Waals surface area contributed by atoms with Gasteiger partial charge >= 0.3 is 0 Å². The number of hydrogen-bond acceptors (Lipinski definition) is 6. The summed E-state index contributed by atoms with van der Waals surface area (Å²) in [5.41, 5.74) is 9.52. The maximum absolute atomic E-state index is 7.60. The predicted molar refractivity (Wildman–Crippen MR) is 272 cm³/mol. The van der Waals surface area contributed by atoms with E-state index in [9.17, 15) is 0 Å². The summed E-state index contributed by atoms with van der Waals surface area (Å²) in [6.07, 6.45) is 0.358. The zero-order valence-corrected chi connectivity index (χ0v) is 38.6. The summed E-state index contributed by atoms with van der Waals surface area (Å²) >= 11 is 0. The van der Waals surface area contributed by atoms with Crippen LogP contribution in [0.2, 0.25) is 0 Å². The highest BCUT2D eigenvalue weighted by molar-refractivity contribution is 7.57. The first kappa shape index (κ1) is 42.7. The Morgan fingerprint density at radius 2 is 0.492 bits per heavy atom. The van der Waals surface area contributed by atoms with Crippen molar-refractivity contribution in [1.29, 1.82) is 0 Å². The summed E-state index contributed by atoms with van der Waals surface area (Å²) in [7, 11) is -2.81. The monoisotopic (exact) mass is 888 g/mol. The maximum atomic E-state index is 7.60. The molecule has 324 valence electrons. The number of para-hydroxylation sites is 4. The van der Waals surface area contributed by atoms with Gasteiger partial charge in [0.25, 0.3) is 0 Å². The van der Waals surface area contributed by atoms with Gasteiger partial charge in [0.2, 0.25) is 16.9 Å². The Morgan fingerprint density at radius 3 is 0.692 bits per heavy atom. The van der Waals surface area contributed by atoms with E-state index in [1.807, 2.05) is 0 Å². The first-order valence-corrected chi connectivity index (χ1v) is 25.0. The van der Waals surface area contributed by atoms with E-state index in [2.05, 4.69) is 275 Å². The Hall–Kier alpha value is -6.26. The van der Waals surface area contributed by atoms with Crippen LogP contribution in [-0.4, -0.2) is 12.2 Å². The average Bonchev–Trinajstić information content (AvgIpc) is 3.89. The molecule has 0 aliphatic carbocycles. The molecule has 0 spiro atoms. The molecule has 10 rings (SSSR count). The smallest absolute Gasteiger partial charge is 0.250 e. The van der Waals surface area contributed by atoms with Gasteiger partial charge in [-0.2, -0.15) is 0 Å². The highest BCUT2D eigenvalue weighted by Gasteiger charge is 2.53. The molecule has 2 aliphatic rings. The first-order valence-electron chi connectivity index (χ1n) is 22.6. The van der Waals surface area contributed by atoms with E-state index >= 15 is 0 Å². The molecule has 0 N–H and O–H groups in total. The highest BCUT2D eigenvalue weighted by Crippen LogP contribution is 2.69. The molecule has 0 aromatic heterocycles. The fourth-order valence-electron chi connectivity index (χ4n) is 9.50. The molecule has 4 unspecified atom stereocenters. The van der Waals surface area contributed by atoms with Gasteiger partial charge in [-0.3, -0.25) is 0 Å². The van der Waals surface area contributed by atoms with Crippen LogP contribution in [0.3, 0.4) is 0 Å². The molecule has 8 aromatic rings. The van der Waals surface area contributed by atoms with Gasteiger partial charge in [-0.25, -0.2) is 0 Å². The summed E-state index contributed by atoms with van der Waals surface area (Å²) in [6.45, 7) is 4.46. The van der Waals surface area contributed by atoms with E-state index in [4.69, 9.17) is 9.05 Å². The van der Waals surface area contributed by atoms with Crippen molar-refractivity contribution in [2.24, 2.45) is 0 Å². The molecular formula is C57H54N4O2P2. The van der Waals surface area contributed by atoms with E-state index < -0.39 is 16.9 Å². The molecule has 2 fully saturated rings. The van der Waals surface area contributed by atoms with Gasteiger partial charge in [0.1, 0.15) is 0 Å². The quantitative estimate of drug-likeness (QED) is 0.101. The minimum atomic E-state index is -1.41. The van der Waals surface area contributed by atoms with E-state index in [-0.39, 0.29) is 36.4 Å². The molecule has 0 bridgehead atoms. The van der Waals surface area contributed by atoms with E-state index in [0.717, 1.165) is 22.7 Å². The van der Waals surface area contributed by atoms with Crippen LogP contribution in [0.1, 0.15) is 66.7 Å². The van der Waals surface area contributed by atoms with Gasteiger partial charge in [0.15, 0.2) is 0 Å². The number of benzene rings is 8. The van der Waals surface area contributed by atoms with Crippen molar-refractivity contribution in [2.45, 2.75) is 56.6 Å². The number of rotatable bonds is 14. The molecular weight excluding hydrogens is 835 g/mol. The molecule has 2 saturated heterocycles. The highest BCUT2D eigenvalue weighted by atomic mass is 31.2. The lowest BCUT2D eigenvalue weighted by molar-refractivity contribution is 0.150. The van der Waals surface area contributed by atoms with E-state index in [1.165, 1.54) is 22.3 Å². The van der Waals surface area contributed by atoms with Crippen molar-refractivity contribution in [3.05, 3.63) is 265 Å². The van der Waals surface area contributed by atoms with E-state index in [1.54, 1.807) is 0 Å². The van der Waals surface area contributed by atoms with Crippen molar-refractivity contribution in [2.75, 3.05) is 18.7 Å². The lowest BCUT2D eigenvalue weighted by Crippen LogP contribution is -2.26. The fraction of sp³-hybridized carbons (Fsp3) is 0.158. The molecule has 2 aliphatic heterocycles. The van der Waals surface area contributed by atoms with Crippen molar-refractivity contribution in [1.82, 2.24) is 0 Å². The Kier molecular flexibility index (Phi) is 13.0. The number of hydrogen-bond donors (Lipinski definition) is 0. The molecule has 0 saturated carbocycles. The normalized spacial score (nSPS) is 21.6. The number of nitrogens with zero attached hydrogens (tertiary/aromatic N) is 4. The van der Waals surface area contributed by atoms with Crippen molar-refractivity contribution in [3.63, 3.8) is 0 Å². The van der Waals surface area contributed by atoms with Crippen molar-refractivity contribution in [3.8, 4) is 0 Å². The molecule has 6 nitrogen and oxygen atoms in total. The second kappa shape index (κ2) is 19.9. The molecule has 0 amide bonds. The van der Waals surface area contributed by atoms with Crippen LogP contribution in [0, 0.1) is 0 Å². The summed E-state index contributed by atoms with van der Waals surface area (Å²) in [4.78, 5) is 0. The predicted octanol–water partition coefficient (Wildman–Crippen LogP) is 15.7.